The number of nitrogens with zero attached hydrogens (tertiary/aromatic N) is 3. The SMILES string of the molecule is c1ccc2[nH]c(CCNc3ncnc4sccc34)nc2c1. The molecule has 4 aromatic rings. The summed E-state index contributed by atoms with van der Waals surface area (Å²) in [5.41, 5.74) is 2.09. The Bertz CT molecular complexity index is 862. The summed E-state index contributed by atoms with van der Waals surface area (Å²) in [6.07, 6.45) is 2.42. The number of fused-ring (bicyclic) bond motifs is 2. The number of hydrogen-bond donors (Lipinski definition) is 2. The molecule has 0 atom stereocenters. The lowest BCUT2D eigenvalue weighted by molar-refractivity contribution is 0.929. The van der Waals surface area contributed by atoms with Crippen LogP contribution >= 0.6 is 11.3 Å². The Morgan fingerprint density at radius 2 is 2.10 bits per heavy atom. The number of benzene rings is 1. The largest absolute Gasteiger partial charge is 0.369 e. The molecule has 0 aliphatic carbocycles. The average molecular weight is 295 g/mol. The van der Waals surface area contributed by atoms with E-state index in [2.05, 4.69) is 25.3 Å². The zero-order valence-electron chi connectivity index (χ0n) is 11.2. The maximum Gasteiger partial charge on any atom is 0.138 e. The van der Waals surface area contributed by atoms with Gasteiger partial charge in [-0.1, -0.05) is 12.1 Å². The molecule has 5 nitrogen and oxygen atoms in total. The molecule has 2 N–H and O–H groups in total. The van der Waals surface area contributed by atoms with Gasteiger partial charge in [-0.25, -0.2) is 15.0 Å². The Morgan fingerprint density at radius 1 is 1.14 bits per heavy atom. The highest BCUT2D eigenvalue weighted by atomic mass is 32.1. The van der Waals surface area contributed by atoms with Gasteiger partial charge in [-0.3, -0.25) is 0 Å². The number of imidazole rings is 1. The molecule has 3 aromatic heterocycles. The van der Waals surface area contributed by atoms with Crippen molar-refractivity contribution in [2.24, 2.45) is 0 Å². The lowest BCUT2D eigenvalue weighted by Crippen LogP contribution is -2.07. The van der Waals surface area contributed by atoms with E-state index in [-0.39, 0.29) is 0 Å². The summed E-state index contributed by atoms with van der Waals surface area (Å²) in [4.78, 5) is 17.5. The second-order valence-corrected chi connectivity index (χ2v) is 5.63. The van der Waals surface area contributed by atoms with Crippen LogP contribution in [0.3, 0.4) is 0 Å². The fraction of sp³-hybridized carbons (Fsp3) is 0.133. The topological polar surface area (TPSA) is 66.5 Å². The van der Waals surface area contributed by atoms with Gasteiger partial charge in [-0.2, -0.15) is 0 Å². The first kappa shape index (κ1) is 12.3. The molecule has 0 amide bonds. The van der Waals surface area contributed by atoms with Gasteiger partial charge in [0.2, 0.25) is 0 Å². The minimum atomic E-state index is 0.780. The molecule has 0 aliphatic heterocycles. The molecule has 0 saturated heterocycles. The zero-order chi connectivity index (χ0) is 14.1. The summed E-state index contributed by atoms with van der Waals surface area (Å²) < 4.78 is 0. The fourth-order valence-electron chi connectivity index (χ4n) is 2.35. The smallest absolute Gasteiger partial charge is 0.138 e. The lowest BCUT2D eigenvalue weighted by atomic mass is 10.3. The minimum absolute atomic E-state index is 0.780. The normalized spacial score (nSPS) is 11.2. The van der Waals surface area contributed by atoms with E-state index in [0.29, 0.717) is 0 Å². The standard InChI is InChI=1S/C15H13N5S/c1-2-4-12-11(3-1)19-13(20-12)5-7-16-14-10-6-8-21-15(10)18-9-17-14/h1-4,6,8-9H,5,7H2,(H,19,20)(H,16,17,18). The molecule has 0 radical (unpaired) electrons. The van der Waals surface area contributed by atoms with Crippen LogP contribution in [0.25, 0.3) is 21.3 Å². The quantitative estimate of drug-likeness (QED) is 0.606. The van der Waals surface area contributed by atoms with Gasteiger partial charge in [-0.05, 0) is 23.6 Å². The molecular weight excluding hydrogens is 282 g/mol. The average Bonchev–Trinajstić information content (AvgIpc) is 3.13. The van der Waals surface area contributed by atoms with Gasteiger partial charge in [0.05, 0.1) is 16.4 Å². The van der Waals surface area contributed by atoms with E-state index in [1.54, 1.807) is 17.7 Å². The van der Waals surface area contributed by atoms with E-state index in [1.807, 2.05) is 35.7 Å². The highest BCUT2D eigenvalue weighted by Gasteiger charge is 2.05. The third kappa shape index (κ3) is 2.34. The van der Waals surface area contributed by atoms with E-state index in [0.717, 1.165) is 45.9 Å². The third-order valence-corrected chi connectivity index (χ3v) is 4.18. The number of nitrogens with one attached hydrogen (secondary N) is 2. The Hall–Kier alpha value is -2.47. The molecule has 0 saturated carbocycles. The molecular formula is C15H13N5S. The van der Waals surface area contributed by atoms with Crippen molar-refractivity contribution in [3.05, 3.63) is 47.9 Å². The summed E-state index contributed by atoms with van der Waals surface area (Å²) in [6, 6.07) is 10.1. The summed E-state index contributed by atoms with van der Waals surface area (Å²) in [5.74, 6) is 1.87. The Balaban J connectivity index is 1.48. The van der Waals surface area contributed by atoms with Crippen LogP contribution < -0.4 is 5.32 Å². The number of thiophene rings is 1. The number of para-hydroxylation sites is 2. The van der Waals surface area contributed by atoms with Gasteiger partial charge in [0.15, 0.2) is 0 Å². The van der Waals surface area contributed by atoms with Crippen LogP contribution in [0.2, 0.25) is 0 Å². The van der Waals surface area contributed by atoms with Crippen molar-refractivity contribution < 1.29 is 0 Å². The summed E-state index contributed by atoms with van der Waals surface area (Å²) >= 11 is 1.62. The van der Waals surface area contributed by atoms with Crippen LogP contribution in [0.1, 0.15) is 5.82 Å². The van der Waals surface area contributed by atoms with Gasteiger partial charge in [0.1, 0.15) is 22.8 Å². The van der Waals surface area contributed by atoms with Crippen molar-refractivity contribution in [2.75, 3.05) is 11.9 Å². The maximum absolute atomic E-state index is 4.57. The van der Waals surface area contributed by atoms with Gasteiger partial charge < -0.3 is 10.3 Å². The van der Waals surface area contributed by atoms with E-state index in [1.165, 1.54) is 0 Å². The minimum Gasteiger partial charge on any atom is -0.369 e. The first-order valence-corrected chi connectivity index (χ1v) is 7.64. The molecule has 104 valence electrons. The number of aromatic nitrogens is 4. The second-order valence-electron chi connectivity index (χ2n) is 4.74. The van der Waals surface area contributed by atoms with Crippen molar-refractivity contribution in [2.45, 2.75) is 6.42 Å². The van der Waals surface area contributed by atoms with E-state index in [9.17, 15) is 0 Å². The Morgan fingerprint density at radius 3 is 3.05 bits per heavy atom. The van der Waals surface area contributed by atoms with Crippen molar-refractivity contribution in [3.8, 4) is 0 Å². The second kappa shape index (κ2) is 5.14. The van der Waals surface area contributed by atoms with E-state index in [4.69, 9.17) is 0 Å². The summed E-state index contributed by atoms with van der Waals surface area (Å²) in [7, 11) is 0. The van der Waals surface area contributed by atoms with E-state index >= 15 is 0 Å². The van der Waals surface area contributed by atoms with Gasteiger partial charge in [0.25, 0.3) is 0 Å². The van der Waals surface area contributed by atoms with Gasteiger partial charge in [-0.15, -0.1) is 11.3 Å². The molecule has 6 heteroatoms. The number of aromatic amines is 1. The molecule has 0 spiro atoms. The molecule has 21 heavy (non-hydrogen) atoms. The van der Waals surface area contributed by atoms with Gasteiger partial charge in [0, 0.05) is 13.0 Å². The van der Waals surface area contributed by atoms with Gasteiger partial charge >= 0.3 is 0 Å². The molecule has 4 rings (SSSR count). The summed E-state index contributed by atoms with van der Waals surface area (Å²) in [5, 5.41) is 6.47. The highest BCUT2D eigenvalue weighted by Crippen LogP contribution is 2.23. The molecule has 1 aromatic carbocycles. The number of anilines is 1. The van der Waals surface area contributed by atoms with Crippen molar-refractivity contribution in [1.29, 1.82) is 0 Å². The van der Waals surface area contributed by atoms with Crippen LogP contribution in [0.15, 0.2) is 42.0 Å². The fourth-order valence-corrected chi connectivity index (χ4v) is 3.09. The number of rotatable bonds is 4. The maximum atomic E-state index is 4.57. The molecule has 0 bridgehead atoms. The lowest BCUT2D eigenvalue weighted by Gasteiger charge is -2.04. The molecule has 0 fully saturated rings. The molecule has 0 unspecified atom stereocenters. The Labute approximate surface area is 125 Å². The summed E-state index contributed by atoms with van der Waals surface area (Å²) in [6.45, 7) is 0.780. The predicted molar refractivity (Wildman–Crippen MR) is 85.7 cm³/mol. The van der Waals surface area contributed by atoms with Crippen LogP contribution in [0.5, 0.6) is 0 Å². The van der Waals surface area contributed by atoms with Crippen molar-refractivity contribution in [3.63, 3.8) is 0 Å². The van der Waals surface area contributed by atoms with Crippen LogP contribution in [-0.4, -0.2) is 26.5 Å². The Kier molecular flexibility index (Phi) is 3.01. The van der Waals surface area contributed by atoms with Crippen LogP contribution in [-0.2, 0) is 6.42 Å². The molecule has 3 heterocycles. The first-order chi connectivity index (χ1) is 10.4. The van der Waals surface area contributed by atoms with Crippen molar-refractivity contribution >= 4 is 38.4 Å². The van der Waals surface area contributed by atoms with Crippen LogP contribution in [0.4, 0.5) is 5.82 Å². The number of H-pyrrole nitrogens is 1. The predicted octanol–water partition coefficient (Wildman–Crippen LogP) is 3.22. The van der Waals surface area contributed by atoms with Crippen molar-refractivity contribution in [1.82, 2.24) is 19.9 Å². The highest BCUT2D eigenvalue weighted by molar-refractivity contribution is 7.16. The first-order valence-electron chi connectivity index (χ1n) is 6.76. The number of hydrogen-bond acceptors (Lipinski definition) is 5. The monoisotopic (exact) mass is 295 g/mol. The van der Waals surface area contributed by atoms with Crippen LogP contribution in [0, 0.1) is 0 Å². The molecule has 0 aliphatic rings. The zero-order valence-corrected chi connectivity index (χ0v) is 12.0. The van der Waals surface area contributed by atoms with E-state index < -0.39 is 0 Å². The third-order valence-electron chi connectivity index (χ3n) is 3.35.